The van der Waals surface area contributed by atoms with Crippen molar-refractivity contribution in [1.29, 1.82) is 0 Å². The van der Waals surface area contributed by atoms with Crippen LogP contribution in [0.3, 0.4) is 0 Å². The van der Waals surface area contributed by atoms with Crippen LogP contribution in [0.25, 0.3) is 0 Å². The van der Waals surface area contributed by atoms with E-state index in [0.717, 1.165) is 12.1 Å². The number of aliphatic hydroxyl groups excluding tert-OH is 1. The maximum absolute atomic E-state index is 12.0. The fourth-order valence-corrected chi connectivity index (χ4v) is 2.28. The smallest absolute Gasteiger partial charge is 0.251 e. The first-order valence-corrected chi connectivity index (χ1v) is 7.28. The maximum atomic E-state index is 12.0. The number of aromatic nitrogens is 1. The number of nitrogens with zero attached hydrogens (tertiary/aromatic N) is 1. The highest BCUT2D eigenvalue weighted by atomic mass is 16.3. The first-order valence-electron chi connectivity index (χ1n) is 7.28. The zero-order chi connectivity index (χ0) is 15.2. The van der Waals surface area contributed by atoms with Gasteiger partial charge in [0, 0.05) is 31.0 Å². The van der Waals surface area contributed by atoms with Crippen molar-refractivity contribution >= 4 is 5.91 Å². The average Bonchev–Trinajstić information content (AvgIpc) is 2.93. The van der Waals surface area contributed by atoms with E-state index < -0.39 is 6.10 Å². The number of aliphatic hydroxyl groups is 1. The van der Waals surface area contributed by atoms with Crippen molar-refractivity contribution in [3.63, 3.8) is 0 Å². The third-order valence-corrected chi connectivity index (χ3v) is 3.65. The zero-order valence-corrected chi connectivity index (χ0v) is 12.5. The Morgan fingerprint density at radius 3 is 2.57 bits per heavy atom. The minimum atomic E-state index is -0.562. The highest BCUT2D eigenvalue weighted by Crippen LogP contribution is 2.15. The van der Waals surface area contributed by atoms with Gasteiger partial charge in [0.1, 0.15) is 0 Å². The summed E-state index contributed by atoms with van der Waals surface area (Å²) in [6.45, 7) is 2.53. The van der Waals surface area contributed by atoms with E-state index >= 15 is 0 Å². The van der Waals surface area contributed by atoms with Crippen molar-refractivity contribution in [2.24, 2.45) is 7.05 Å². The Labute approximate surface area is 125 Å². The summed E-state index contributed by atoms with van der Waals surface area (Å²) in [5, 5.41) is 12.9. The predicted molar refractivity (Wildman–Crippen MR) is 83.1 cm³/mol. The van der Waals surface area contributed by atoms with Gasteiger partial charge in [-0.3, -0.25) is 4.79 Å². The molecule has 0 saturated carbocycles. The number of nitrogens with one attached hydrogen (secondary N) is 1. The molecule has 2 rings (SSSR count). The standard InChI is InChI=1S/C17H22N2O2/c1-3-13-6-8-14(9-7-13)17(21)18-11-10-16(20)15-5-4-12-19(15)2/h4-9,12,16,20H,3,10-11H2,1-2H3,(H,18,21)/t16-/m1/s1. The van der Waals surface area contributed by atoms with Crippen molar-refractivity contribution < 1.29 is 9.90 Å². The topological polar surface area (TPSA) is 54.3 Å². The van der Waals surface area contributed by atoms with Gasteiger partial charge in [0.2, 0.25) is 0 Å². The van der Waals surface area contributed by atoms with Gasteiger partial charge < -0.3 is 15.0 Å². The van der Waals surface area contributed by atoms with Gasteiger partial charge in [-0.2, -0.15) is 0 Å². The summed E-state index contributed by atoms with van der Waals surface area (Å²) in [6.07, 6.45) is 2.79. The number of carbonyl (C=O) groups is 1. The van der Waals surface area contributed by atoms with Gasteiger partial charge in [0.15, 0.2) is 0 Å². The summed E-state index contributed by atoms with van der Waals surface area (Å²) in [7, 11) is 1.90. The zero-order valence-electron chi connectivity index (χ0n) is 12.5. The van der Waals surface area contributed by atoms with Crippen molar-refractivity contribution in [3.8, 4) is 0 Å². The van der Waals surface area contributed by atoms with Gasteiger partial charge in [-0.1, -0.05) is 19.1 Å². The number of carbonyl (C=O) groups excluding carboxylic acids is 1. The lowest BCUT2D eigenvalue weighted by atomic mass is 10.1. The van der Waals surface area contributed by atoms with Gasteiger partial charge in [-0.05, 0) is 42.7 Å². The first-order chi connectivity index (χ1) is 10.1. The minimum absolute atomic E-state index is 0.100. The Balaban J connectivity index is 1.82. The normalized spacial score (nSPS) is 12.1. The van der Waals surface area contributed by atoms with Crippen molar-refractivity contribution in [1.82, 2.24) is 9.88 Å². The molecule has 1 heterocycles. The van der Waals surface area contributed by atoms with Gasteiger partial charge >= 0.3 is 0 Å². The second-order valence-corrected chi connectivity index (χ2v) is 5.15. The molecule has 0 saturated heterocycles. The van der Waals surface area contributed by atoms with E-state index in [4.69, 9.17) is 0 Å². The summed E-state index contributed by atoms with van der Waals surface area (Å²) in [6, 6.07) is 11.4. The molecule has 0 spiro atoms. The van der Waals surface area contributed by atoms with Crippen molar-refractivity contribution in [3.05, 3.63) is 59.4 Å². The van der Waals surface area contributed by atoms with Gasteiger partial charge in [0.05, 0.1) is 6.10 Å². The Hall–Kier alpha value is -2.07. The van der Waals surface area contributed by atoms with Gasteiger partial charge in [-0.15, -0.1) is 0 Å². The highest BCUT2D eigenvalue weighted by Gasteiger charge is 2.11. The van der Waals surface area contributed by atoms with Crippen LogP contribution in [0.5, 0.6) is 0 Å². The Morgan fingerprint density at radius 1 is 1.29 bits per heavy atom. The fraction of sp³-hybridized carbons (Fsp3) is 0.353. The highest BCUT2D eigenvalue weighted by molar-refractivity contribution is 5.94. The lowest BCUT2D eigenvalue weighted by Gasteiger charge is -2.12. The number of aryl methyl sites for hydroxylation is 2. The summed E-state index contributed by atoms with van der Waals surface area (Å²) in [4.78, 5) is 12.0. The number of hydrogen-bond donors (Lipinski definition) is 2. The molecule has 0 unspecified atom stereocenters. The minimum Gasteiger partial charge on any atom is -0.387 e. The summed E-state index contributed by atoms with van der Waals surface area (Å²) >= 11 is 0. The molecule has 1 aromatic heterocycles. The molecule has 0 aliphatic rings. The third kappa shape index (κ3) is 3.95. The largest absolute Gasteiger partial charge is 0.387 e. The van der Waals surface area contributed by atoms with E-state index in [2.05, 4.69) is 12.2 Å². The van der Waals surface area contributed by atoms with E-state index in [1.807, 2.05) is 54.2 Å². The van der Waals surface area contributed by atoms with Crippen LogP contribution in [-0.4, -0.2) is 22.1 Å². The Morgan fingerprint density at radius 2 is 2.00 bits per heavy atom. The number of hydrogen-bond acceptors (Lipinski definition) is 2. The Bertz CT molecular complexity index is 587. The van der Waals surface area contributed by atoms with Crippen LogP contribution in [-0.2, 0) is 13.5 Å². The molecule has 112 valence electrons. The molecule has 0 bridgehead atoms. The second kappa shape index (κ2) is 7.09. The molecular weight excluding hydrogens is 264 g/mol. The Kier molecular flexibility index (Phi) is 5.17. The van der Waals surface area contributed by atoms with Crippen LogP contribution < -0.4 is 5.32 Å². The second-order valence-electron chi connectivity index (χ2n) is 5.15. The molecule has 0 aliphatic heterocycles. The van der Waals surface area contributed by atoms with Crippen LogP contribution in [0, 0.1) is 0 Å². The molecule has 2 aromatic rings. The molecule has 1 aromatic carbocycles. The summed E-state index contributed by atoms with van der Waals surface area (Å²) in [5.41, 5.74) is 2.72. The SMILES string of the molecule is CCc1ccc(C(=O)NCC[C@@H](O)c2cccn2C)cc1. The van der Waals surface area contributed by atoms with Gasteiger partial charge in [0.25, 0.3) is 5.91 Å². The molecule has 0 aliphatic carbocycles. The van der Waals surface area contributed by atoms with Gasteiger partial charge in [-0.25, -0.2) is 0 Å². The van der Waals surface area contributed by atoms with Crippen LogP contribution in [0.2, 0.25) is 0 Å². The van der Waals surface area contributed by atoms with Crippen LogP contribution in [0.4, 0.5) is 0 Å². The number of rotatable bonds is 6. The summed E-state index contributed by atoms with van der Waals surface area (Å²) in [5.74, 6) is -0.100. The van der Waals surface area contributed by atoms with E-state index in [0.29, 0.717) is 18.5 Å². The predicted octanol–water partition coefficient (Wildman–Crippen LogP) is 2.44. The molecule has 1 atom stereocenters. The molecule has 21 heavy (non-hydrogen) atoms. The molecule has 1 amide bonds. The number of benzene rings is 1. The maximum Gasteiger partial charge on any atom is 0.251 e. The van der Waals surface area contributed by atoms with Crippen molar-refractivity contribution in [2.75, 3.05) is 6.54 Å². The average molecular weight is 286 g/mol. The van der Waals surface area contributed by atoms with E-state index in [9.17, 15) is 9.90 Å². The van der Waals surface area contributed by atoms with Crippen LogP contribution in [0.1, 0.15) is 41.1 Å². The molecular formula is C17H22N2O2. The molecule has 0 radical (unpaired) electrons. The summed E-state index contributed by atoms with van der Waals surface area (Å²) < 4.78 is 1.88. The lowest BCUT2D eigenvalue weighted by molar-refractivity contribution is 0.0941. The molecule has 2 N–H and O–H groups in total. The van der Waals surface area contributed by atoms with E-state index in [1.165, 1.54) is 5.56 Å². The first kappa shape index (κ1) is 15.3. The lowest BCUT2D eigenvalue weighted by Crippen LogP contribution is -2.25. The monoisotopic (exact) mass is 286 g/mol. The molecule has 0 fully saturated rings. The van der Waals surface area contributed by atoms with Crippen molar-refractivity contribution in [2.45, 2.75) is 25.9 Å². The third-order valence-electron chi connectivity index (χ3n) is 3.65. The van der Waals surface area contributed by atoms with Crippen LogP contribution >= 0.6 is 0 Å². The number of amides is 1. The molecule has 4 nitrogen and oxygen atoms in total. The van der Waals surface area contributed by atoms with E-state index in [-0.39, 0.29) is 5.91 Å². The quantitative estimate of drug-likeness (QED) is 0.857. The fourth-order valence-electron chi connectivity index (χ4n) is 2.28. The van der Waals surface area contributed by atoms with Crippen LogP contribution in [0.15, 0.2) is 42.6 Å². The van der Waals surface area contributed by atoms with E-state index in [1.54, 1.807) is 0 Å². The molecule has 4 heteroatoms.